The molecule has 12 nitrogen and oxygen atoms in total. The molecule has 13 heteroatoms. The van der Waals surface area contributed by atoms with Crippen molar-refractivity contribution in [1.82, 2.24) is 0 Å². The number of hydrogen-bond acceptors (Lipinski definition) is 12. The van der Waals surface area contributed by atoms with Crippen molar-refractivity contribution in [3.05, 3.63) is 119 Å². The molecule has 0 aliphatic rings. The Labute approximate surface area is 363 Å². The quantitative estimate of drug-likeness (QED) is 0.0380. The molecule has 0 bridgehead atoms. The first kappa shape index (κ1) is 49.7. The molecule has 0 spiro atoms. The van der Waals surface area contributed by atoms with Crippen molar-refractivity contribution >= 4 is 63.4 Å². The Bertz CT molecular complexity index is 2270. The second-order valence-corrected chi connectivity index (χ2v) is 12.6. The minimum absolute atomic E-state index is 0.00662. The number of carbonyl (C=O) groups is 4. The van der Waals surface area contributed by atoms with E-state index in [9.17, 15) is 34.5 Å². The van der Waals surface area contributed by atoms with Crippen molar-refractivity contribution in [2.45, 2.75) is 12.8 Å². The van der Waals surface area contributed by atoms with Crippen molar-refractivity contribution in [3.63, 3.8) is 0 Å². The van der Waals surface area contributed by atoms with Crippen LogP contribution in [0.2, 0.25) is 0 Å². The average Bonchev–Trinajstić information content (AvgIpc) is 3.27. The first-order valence-corrected chi connectivity index (χ1v) is 19.1. The van der Waals surface area contributed by atoms with Crippen LogP contribution in [-0.4, -0.2) is 78.8 Å². The Morgan fingerprint density at radius 3 is 1.08 bits per heavy atom. The summed E-state index contributed by atoms with van der Waals surface area (Å²) >= 11 is 3.01. The maximum Gasteiger partial charge on any atom is 0.163 e. The number of terminal acetylenes is 2. The summed E-state index contributed by atoms with van der Waals surface area (Å²) in [5.74, 6) is 5.27. The van der Waals surface area contributed by atoms with Gasteiger partial charge in [0.2, 0.25) is 0 Å². The van der Waals surface area contributed by atoms with Gasteiger partial charge < -0.3 is 39.0 Å². The molecule has 0 aromatic heterocycles. The van der Waals surface area contributed by atoms with E-state index < -0.39 is 0 Å². The predicted molar refractivity (Wildman–Crippen MR) is 239 cm³/mol. The molecule has 4 rings (SSSR count). The highest BCUT2D eigenvalue weighted by atomic mass is 79.9. The van der Waals surface area contributed by atoms with Crippen molar-refractivity contribution in [3.8, 4) is 70.7 Å². The zero-order valence-corrected chi connectivity index (χ0v) is 35.5. The lowest BCUT2D eigenvalue weighted by Gasteiger charge is -2.09. The largest absolute Gasteiger partial charge is 0.504 e. The van der Waals surface area contributed by atoms with Gasteiger partial charge in [-0.15, -0.1) is 12.8 Å². The van der Waals surface area contributed by atoms with Crippen LogP contribution in [0.4, 0.5) is 0 Å². The van der Waals surface area contributed by atoms with E-state index in [2.05, 4.69) is 27.8 Å². The van der Waals surface area contributed by atoms with E-state index in [-0.39, 0.29) is 59.8 Å². The first-order chi connectivity index (χ1) is 29.3. The number of ketones is 4. The van der Waals surface area contributed by atoms with Crippen LogP contribution in [0.25, 0.3) is 24.3 Å². The van der Waals surface area contributed by atoms with Gasteiger partial charge in [-0.3, -0.25) is 19.2 Å². The number of phenols is 3. The zero-order chi connectivity index (χ0) is 45.2. The monoisotopic (exact) mass is 892 g/mol. The van der Waals surface area contributed by atoms with Crippen molar-refractivity contribution in [1.29, 1.82) is 0 Å². The molecule has 316 valence electrons. The van der Waals surface area contributed by atoms with E-state index in [1.165, 1.54) is 70.9 Å². The Morgan fingerprint density at radius 1 is 0.508 bits per heavy atom. The Balaban J connectivity index is 0.000000388. The molecule has 0 heterocycles. The van der Waals surface area contributed by atoms with E-state index in [1.807, 2.05) is 0 Å². The number of ether oxygens (including phenoxy) is 5. The van der Waals surface area contributed by atoms with Gasteiger partial charge >= 0.3 is 0 Å². The maximum absolute atomic E-state index is 12.1. The number of allylic oxidation sites excluding steroid dienone is 4. The second-order valence-electron chi connectivity index (χ2n) is 12.1. The normalized spacial score (nSPS) is 10.5. The lowest BCUT2D eigenvalue weighted by Crippen LogP contribution is -2.02. The van der Waals surface area contributed by atoms with E-state index >= 15 is 0 Å². The van der Waals surface area contributed by atoms with Gasteiger partial charge in [-0.05, 0) is 95.1 Å². The number of halogens is 1. The number of carbonyl (C=O) groups excluding carboxylic acids is 4. The summed E-state index contributed by atoms with van der Waals surface area (Å²) in [5, 5.41) is 29.3. The molecule has 0 atom stereocenters. The molecule has 0 unspecified atom stereocenters. The standard InChI is InChI=1S/C24H22O6.C21H20O6.C3H3Br/c1-4-13-30-22-12-8-18(15-24(22)29-3)6-10-20(26)16-19(25)9-5-17-7-11-21(27)23(14-17)28-2;1-26-20-11-14(5-9-18(20)24)3-7-16(22)13-17(23)8-4-15-6-10-19(25)21(12-15)27-2;1-2-3-4/h1,5-12,14-15,27H,13,16H2,2-3H3;3-12,24-25H,13H2,1-2H3;1H,3H2/b9-5+,10-6+;7-3+,8-4+;. The highest BCUT2D eigenvalue weighted by Gasteiger charge is 2.09. The third kappa shape index (κ3) is 18.3. The lowest BCUT2D eigenvalue weighted by molar-refractivity contribution is -0.123. The topological polar surface area (TPSA) is 175 Å². The fourth-order valence-electron chi connectivity index (χ4n) is 4.76. The van der Waals surface area contributed by atoms with Crippen molar-refractivity contribution in [2.24, 2.45) is 0 Å². The van der Waals surface area contributed by atoms with Crippen LogP contribution >= 0.6 is 15.9 Å². The molecule has 4 aromatic carbocycles. The molecular formula is C48H45BrO12. The van der Waals surface area contributed by atoms with Gasteiger partial charge in [-0.2, -0.15) is 0 Å². The Morgan fingerprint density at radius 2 is 0.803 bits per heavy atom. The maximum atomic E-state index is 12.1. The number of benzene rings is 4. The molecule has 0 radical (unpaired) electrons. The van der Waals surface area contributed by atoms with Gasteiger partial charge in [0.15, 0.2) is 69.1 Å². The molecule has 0 saturated heterocycles. The summed E-state index contributed by atoms with van der Waals surface area (Å²) in [4.78, 5) is 48.0. The fraction of sp³-hybridized carbons (Fsp3) is 0.167. The van der Waals surface area contributed by atoms with Crippen LogP contribution in [0.1, 0.15) is 35.1 Å². The van der Waals surface area contributed by atoms with Gasteiger partial charge in [0.05, 0.1) is 46.6 Å². The van der Waals surface area contributed by atoms with Gasteiger partial charge in [0.1, 0.15) is 6.61 Å². The predicted octanol–water partition coefficient (Wildman–Crippen LogP) is 8.06. The molecule has 0 saturated carbocycles. The van der Waals surface area contributed by atoms with Crippen LogP contribution in [0.5, 0.6) is 46.0 Å². The van der Waals surface area contributed by atoms with Crippen LogP contribution in [0.15, 0.2) is 97.1 Å². The fourth-order valence-corrected chi connectivity index (χ4v) is 4.76. The minimum atomic E-state index is -0.347. The molecule has 0 aliphatic carbocycles. The summed E-state index contributed by atoms with van der Waals surface area (Å²) < 4.78 is 25.6. The number of aromatic hydroxyl groups is 3. The summed E-state index contributed by atoms with van der Waals surface area (Å²) in [6, 6.07) is 19.2. The third-order valence-electron chi connectivity index (χ3n) is 7.73. The highest BCUT2D eigenvalue weighted by Crippen LogP contribution is 2.30. The molecule has 0 fully saturated rings. The molecule has 4 aromatic rings. The first-order valence-electron chi connectivity index (χ1n) is 18.0. The molecule has 0 amide bonds. The van der Waals surface area contributed by atoms with Crippen LogP contribution in [0, 0.1) is 24.7 Å². The van der Waals surface area contributed by atoms with Crippen LogP contribution < -0.4 is 23.7 Å². The summed E-state index contributed by atoms with van der Waals surface area (Å²) in [6.45, 7) is 0.122. The number of rotatable bonds is 18. The smallest absolute Gasteiger partial charge is 0.163 e. The molecule has 3 N–H and O–H groups in total. The second kappa shape index (κ2) is 27.3. The molecule has 61 heavy (non-hydrogen) atoms. The highest BCUT2D eigenvalue weighted by molar-refractivity contribution is 9.09. The number of hydrogen-bond donors (Lipinski definition) is 3. The lowest BCUT2D eigenvalue weighted by atomic mass is 10.1. The van der Waals surface area contributed by atoms with E-state index in [0.29, 0.717) is 56.3 Å². The van der Waals surface area contributed by atoms with E-state index in [1.54, 1.807) is 78.9 Å². The minimum Gasteiger partial charge on any atom is -0.504 e. The van der Waals surface area contributed by atoms with Gasteiger partial charge in [0.25, 0.3) is 0 Å². The van der Waals surface area contributed by atoms with Gasteiger partial charge in [-0.1, -0.05) is 76.3 Å². The number of phenolic OH excluding ortho intramolecular Hbond substituents is 3. The third-order valence-corrected chi connectivity index (χ3v) is 8.05. The SMILES string of the molecule is C#CCBr.C#CCOc1ccc(/C=C/C(=O)CC(=O)/C=C/c2ccc(O)c(OC)c2)cc1OC.COc1cc(/C=C/C(=O)CC(=O)/C=C/c2ccc(O)c(OC)c2)ccc1O. The Hall–Kier alpha value is -7.48. The van der Waals surface area contributed by atoms with E-state index in [0.717, 1.165) is 0 Å². The number of methoxy groups -OCH3 is 4. The zero-order valence-electron chi connectivity index (χ0n) is 33.9. The van der Waals surface area contributed by atoms with E-state index in [4.69, 9.17) is 36.5 Å². The van der Waals surface area contributed by atoms with Gasteiger partial charge in [0, 0.05) is 0 Å². The number of alkyl halides is 1. The molecule has 0 aliphatic heterocycles. The van der Waals surface area contributed by atoms with Crippen molar-refractivity contribution in [2.75, 3.05) is 40.4 Å². The average molecular weight is 894 g/mol. The summed E-state index contributed by atoms with van der Waals surface area (Å²) in [7, 11) is 5.81. The van der Waals surface area contributed by atoms with Crippen LogP contribution in [-0.2, 0) is 19.2 Å². The molecular weight excluding hydrogens is 848 g/mol. The van der Waals surface area contributed by atoms with Gasteiger partial charge in [-0.25, -0.2) is 0 Å². The summed E-state index contributed by atoms with van der Waals surface area (Å²) in [6.07, 6.45) is 20.9. The Kier molecular flexibility index (Phi) is 22.2. The summed E-state index contributed by atoms with van der Waals surface area (Å²) in [5.41, 5.74) is 2.71. The van der Waals surface area contributed by atoms with Crippen molar-refractivity contribution < 1.29 is 58.2 Å². The van der Waals surface area contributed by atoms with Crippen LogP contribution in [0.3, 0.4) is 0 Å².